The van der Waals surface area contributed by atoms with Gasteiger partial charge in [-0.2, -0.15) is 0 Å². The Hall–Kier alpha value is -2.10. The van der Waals surface area contributed by atoms with Crippen molar-refractivity contribution in [3.05, 3.63) is 42.2 Å². The first-order chi connectivity index (χ1) is 9.22. The average molecular weight is 256 g/mol. The van der Waals surface area contributed by atoms with E-state index in [-0.39, 0.29) is 0 Å². The van der Waals surface area contributed by atoms with Crippen LogP contribution in [0.2, 0.25) is 0 Å². The first-order valence-electron chi connectivity index (χ1n) is 6.63. The fraction of sp³-hybridized carbons (Fsp3) is 0.333. The summed E-state index contributed by atoms with van der Waals surface area (Å²) in [5, 5.41) is 3.30. The van der Waals surface area contributed by atoms with Crippen LogP contribution in [0.15, 0.2) is 36.7 Å². The number of hydrogen-bond acceptors (Lipinski definition) is 4. The molecule has 0 spiro atoms. The van der Waals surface area contributed by atoms with Gasteiger partial charge in [-0.1, -0.05) is 17.7 Å². The Morgan fingerprint density at radius 2 is 1.74 bits per heavy atom. The molecule has 2 rings (SSSR count). The summed E-state index contributed by atoms with van der Waals surface area (Å²) in [6.07, 6.45) is 1.60. The van der Waals surface area contributed by atoms with Crippen LogP contribution in [-0.2, 0) is 0 Å². The third kappa shape index (κ3) is 3.44. The van der Waals surface area contributed by atoms with E-state index in [4.69, 9.17) is 0 Å². The van der Waals surface area contributed by atoms with Crippen molar-refractivity contribution in [1.29, 1.82) is 0 Å². The lowest BCUT2D eigenvalue weighted by Gasteiger charge is -2.19. The summed E-state index contributed by atoms with van der Waals surface area (Å²) >= 11 is 0. The zero-order chi connectivity index (χ0) is 13.7. The first kappa shape index (κ1) is 13.3. The molecule has 0 radical (unpaired) electrons. The molecule has 19 heavy (non-hydrogen) atoms. The molecule has 0 aliphatic rings. The van der Waals surface area contributed by atoms with Gasteiger partial charge in [-0.05, 0) is 32.9 Å². The van der Waals surface area contributed by atoms with Crippen LogP contribution in [0.5, 0.6) is 0 Å². The van der Waals surface area contributed by atoms with Gasteiger partial charge >= 0.3 is 0 Å². The lowest BCUT2D eigenvalue weighted by Crippen LogP contribution is -2.23. The van der Waals surface area contributed by atoms with Crippen LogP contribution in [0.4, 0.5) is 17.3 Å². The molecule has 0 fully saturated rings. The molecule has 0 unspecified atom stereocenters. The minimum absolute atomic E-state index is 0.820. The SMILES string of the molecule is CCN(CC)c1cc(Nc2ccc(C)cc2)ncn1. The number of nitrogens with zero attached hydrogens (tertiary/aromatic N) is 3. The van der Waals surface area contributed by atoms with Crippen LogP contribution in [0.3, 0.4) is 0 Å². The molecule has 1 heterocycles. The molecule has 1 N–H and O–H groups in total. The van der Waals surface area contributed by atoms with Crippen LogP contribution < -0.4 is 10.2 Å². The maximum Gasteiger partial charge on any atom is 0.135 e. The molecule has 2 aromatic rings. The second-order valence-corrected chi connectivity index (χ2v) is 4.42. The van der Waals surface area contributed by atoms with Crippen molar-refractivity contribution in [2.24, 2.45) is 0 Å². The van der Waals surface area contributed by atoms with E-state index in [2.05, 4.69) is 65.2 Å². The molecule has 0 bridgehead atoms. The molecule has 0 aliphatic heterocycles. The summed E-state index contributed by atoms with van der Waals surface area (Å²) in [5.41, 5.74) is 2.28. The molecule has 0 aliphatic carbocycles. The maximum atomic E-state index is 4.31. The predicted molar refractivity (Wildman–Crippen MR) is 80.1 cm³/mol. The van der Waals surface area contributed by atoms with Gasteiger partial charge in [0.05, 0.1) is 0 Å². The highest BCUT2D eigenvalue weighted by atomic mass is 15.2. The third-order valence-electron chi connectivity index (χ3n) is 3.06. The Labute approximate surface area is 114 Å². The van der Waals surface area contributed by atoms with Crippen molar-refractivity contribution in [2.45, 2.75) is 20.8 Å². The second kappa shape index (κ2) is 6.18. The number of benzene rings is 1. The molecule has 4 nitrogen and oxygen atoms in total. The molecule has 0 amide bonds. The Kier molecular flexibility index (Phi) is 4.34. The summed E-state index contributed by atoms with van der Waals surface area (Å²) < 4.78 is 0. The number of aryl methyl sites for hydroxylation is 1. The molecule has 1 aromatic heterocycles. The minimum Gasteiger partial charge on any atom is -0.357 e. The molecule has 0 saturated carbocycles. The standard InChI is InChI=1S/C15H20N4/c1-4-19(5-2)15-10-14(16-11-17-15)18-13-8-6-12(3)7-9-13/h6-11H,4-5H2,1-3H3,(H,16,17,18). The van der Waals surface area contributed by atoms with E-state index in [1.807, 2.05) is 6.07 Å². The van der Waals surface area contributed by atoms with Crippen LogP contribution >= 0.6 is 0 Å². The largest absolute Gasteiger partial charge is 0.357 e. The zero-order valence-corrected chi connectivity index (χ0v) is 11.7. The van der Waals surface area contributed by atoms with E-state index in [0.29, 0.717) is 0 Å². The van der Waals surface area contributed by atoms with E-state index in [9.17, 15) is 0 Å². The summed E-state index contributed by atoms with van der Waals surface area (Å²) in [6, 6.07) is 10.2. The van der Waals surface area contributed by atoms with Gasteiger partial charge in [0.1, 0.15) is 18.0 Å². The monoisotopic (exact) mass is 256 g/mol. The smallest absolute Gasteiger partial charge is 0.135 e. The van der Waals surface area contributed by atoms with Crippen LogP contribution in [0.25, 0.3) is 0 Å². The van der Waals surface area contributed by atoms with E-state index in [1.165, 1.54) is 5.56 Å². The summed E-state index contributed by atoms with van der Waals surface area (Å²) in [6.45, 7) is 8.21. The Balaban J connectivity index is 2.17. The van der Waals surface area contributed by atoms with Crippen molar-refractivity contribution in [1.82, 2.24) is 9.97 Å². The van der Waals surface area contributed by atoms with E-state index in [1.54, 1.807) is 6.33 Å². The third-order valence-corrected chi connectivity index (χ3v) is 3.06. The normalized spacial score (nSPS) is 10.3. The molecular formula is C15H20N4. The van der Waals surface area contributed by atoms with Crippen molar-refractivity contribution >= 4 is 17.3 Å². The van der Waals surface area contributed by atoms with E-state index >= 15 is 0 Å². The maximum absolute atomic E-state index is 4.31. The fourth-order valence-corrected chi connectivity index (χ4v) is 1.92. The highest BCUT2D eigenvalue weighted by Gasteiger charge is 2.05. The number of rotatable bonds is 5. The van der Waals surface area contributed by atoms with Gasteiger partial charge in [0.2, 0.25) is 0 Å². The van der Waals surface area contributed by atoms with Crippen LogP contribution in [0, 0.1) is 6.92 Å². The van der Waals surface area contributed by atoms with Crippen LogP contribution in [0.1, 0.15) is 19.4 Å². The van der Waals surface area contributed by atoms with Gasteiger partial charge in [-0.15, -0.1) is 0 Å². The van der Waals surface area contributed by atoms with Gasteiger partial charge in [-0.25, -0.2) is 9.97 Å². The predicted octanol–water partition coefficient (Wildman–Crippen LogP) is 3.37. The number of anilines is 3. The summed E-state index contributed by atoms with van der Waals surface area (Å²) in [4.78, 5) is 10.8. The number of nitrogens with one attached hydrogen (secondary N) is 1. The van der Waals surface area contributed by atoms with E-state index < -0.39 is 0 Å². The van der Waals surface area contributed by atoms with Gasteiger partial charge < -0.3 is 10.2 Å². The lowest BCUT2D eigenvalue weighted by atomic mass is 10.2. The van der Waals surface area contributed by atoms with Gasteiger partial charge in [0.25, 0.3) is 0 Å². The van der Waals surface area contributed by atoms with Crippen molar-refractivity contribution in [2.75, 3.05) is 23.3 Å². The topological polar surface area (TPSA) is 41.0 Å². The fourth-order valence-electron chi connectivity index (χ4n) is 1.92. The Bertz CT molecular complexity index is 518. The highest BCUT2D eigenvalue weighted by molar-refractivity contribution is 5.59. The van der Waals surface area contributed by atoms with Gasteiger partial charge in [0, 0.05) is 24.8 Å². The quantitative estimate of drug-likeness (QED) is 0.890. The molecule has 100 valence electrons. The molecule has 0 saturated heterocycles. The summed E-state index contributed by atoms with van der Waals surface area (Å²) in [5.74, 6) is 1.77. The lowest BCUT2D eigenvalue weighted by molar-refractivity contribution is 0.842. The minimum atomic E-state index is 0.820. The van der Waals surface area contributed by atoms with Crippen molar-refractivity contribution < 1.29 is 0 Å². The molecular weight excluding hydrogens is 236 g/mol. The molecule has 1 aromatic carbocycles. The van der Waals surface area contributed by atoms with Gasteiger partial charge in [-0.3, -0.25) is 0 Å². The second-order valence-electron chi connectivity index (χ2n) is 4.42. The first-order valence-corrected chi connectivity index (χ1v) is 6.63. The van der Waals surface area contributed by atoms with Gasteiger partial charge in [0.15, 0.2) is 0 Å². The average Bonchev–Trinajstić information content (AvgIpc) is 2.43. The molecule has 0 atom stereocenters. The Morgan fingerprint density at radius 3 is 2.37 bits per heavy atom. The highest BCUT2D eigenvalue weighted by Crippen LogP contribution is 2.18. The van der Waals surface area contributed by atoms with E-state index in [0.717, 1.165) is 30.4 Å². The molecule has 4 heteroatoms. The van der Waals surface area contributed by atoms with Crippen LogP contribution in [-0.4, -0.2) is 23.1 Å². The van der Waals surface area contributed by atoms with Crippen molar-refractivity contribution in [3.8, 4) is 0 Å². The zero-order valence-electron chi connectivity index (χ0n) is 11.7. The van der Waals surface area contributed by atoms with Crippen molar-refractivity contribution in [3.63, 3.8) is 0 Å². The number of hydrogen-bond donors (Lipinski definition) is 1. The number of aromatic nitrogens is 2. The Morgan fingerprint density at radius 1 is 1.05 bits per heavy atom. The summed E-state index contributed by atoms with van der Waals surface area (Å²) in [7, 11) is 0.